The molecule has 0 aromatic carbocycles. The van der Waals surface area contributed by atoms with Gasteiger partial charge in [0.1, 0.15) is 0 Å². The fourth-order valence-electron chi connectivity index (χ4n) is 2.30. The number of carbonyl (C=O) groups excluding carboxylic acids is 2. The topological polar surface area (TPSA) is 64.7 Å². The van der Waals surface area contributed by atoms with Crippen LogP contribution in [-0.4, -0.2) is 67.6 Å². The van der Waals surface area contributed by atoms with Gasteiger partial charge in [0.25, 0.3) is 0 Å². The summed E-state index contributed by atoms with van der Waals surface area (Å²) in [6, 6.07) is -0.393. The molecule has 1 saturated heterocycles. The molecule has 20 heavy (non-hydrogen) atoms. The number of urea groups is 1. The molecule has 0 saturated carbocycles. The molecule has 1 rings (SSSR count). The summed E-state index contributed by atoms with van der Waals surface area (Å²) in [6.07, 6.45) is 0.861. The lowest BCUT2D eigenvalue weighted by atomic mass is 10.2. The van der Waals surface area contributed by atoms with Gasteiger partial charge >= 0.3 is 6.03 Å². The van der Waals surface area contributed by atoms with Crippen LogP contribution in [0.25, 0.3) is 0 Å². The zero-order valence-electron chi connectivity index (χ0n) is 12.9. The van der Waals surface area contributed by atoms with Crippen LogP contribution in [0.2, 0.25) is 0 Å². The van der Waals surface area contributed by atoms with Gasteiger partial charge in [0, 0.05) is 39.3 Å². The maximum absolute atomic E-state index is 11.7. The molecule has 1 heterocycles. The summed E-state index contributed by atoms with van der Waals surface area (Å²) in [5.74, 6) is 0.447. The summed E-state index contributed by atoms with van der Waals surface area (Å²) >= 11 is 0. The molecule has 0 aliphatic carbocycles. The predicted molar refractivity (Wildman–Crippen MR) is 79.6 cm³/mol. The molecule has 0 aromatic rings. The lowest BCUT2D eigenvalue weighted by Gasteiger charge is -2.35. The van der Waals surface area contributed by atoms with Gasteiger partial charge in [-0.15, -0.1) is 0 Å². The number of nitrogens with one attached hydrogen (secondary N) is 2. The third-order valence-electron chi connectivity index (χ3n) is 3.24. The summed E-state index contributed by atoms with van der Waals surface area (Å²) < 4.78 is 0. The Hall–Kier alpha value is -1.14. The Bertz CT molecular complexity index is 312. The van der Waals surface area contributed by atoms with Crippen molar-refractivity contribution in [1.29, 1.82) is 0 Å². The van der Waals surface area contributed by atoms with Crippen molar-refractivity contribution in [3.63, 3.8) is 0 Å². The predicted octanol–water partition coefficient (Wildman–Crippen LogP) is 0.496. The Morgan fingerprint density at radius 3 is 2.25 bits per heavy atom. The summed E-state index contributed by atoms with van der Waals surface area (Å²) in [6.45, 7) is 12.2. The first-order valence-electron chi connectivity index (χ1n) is 7.53. The highest BCUT2D eigenvalue weighted by molar-refractivity contribution is 5.95. The van der Waals surface area contributed by atoms with Gasteiger partial charge in [-0.2, -0.15) is 0 Å². The maximum Gasteiger partial charge on any atom is 0.321 e. The summed E-state index contributed by atoms with van der Waals surface area (Å²) in [4.78, 5) is 27.6. The molecular formula is C14H28N4O2. The molecule has 0 spiro atoms. The normalized spacial score (nSPS) is 17.2. The van der Waals surface area contributed by atoms with Gasteiger partial charge in [0.05, 0.1) is 6.54 Å². The minimum Gasteiger partial charge on any atom is -0.338 e. The molecule has 0 aromatic heterocycles. The largest absolute Gasteiger partial charge is 0.338 e. The van der Waals surface area contributed by atoms with Crippen molar-refractivity contribution >= 4 is 11.9 Å². The zero-order chi connectivity index (χ0) is 15.0. The molecule has 1 fully saturated rings. The minimum absolute atomic E-state index is 0.226. The Balaban J connectivity index is 2.19. The number of nitrogens with zero attached hydrogens (tertiary/aromatic N) is 2. The average Bonchev–Trinajstić information content (AvgIpc) is 2.38. The van der Waals surface area contributed by atoms with E-state index in [0.29, 0.717) is 19.0 Å². The molecule has 6 heteroatoms. The van der Waals surface area contributed by atoms with Gasteiger partial charge in [-0.25, -0.2) is 4.79 Å². The van der Waals surface area contributed by atoms with E-state index in [9.17, 15) is 9.59 Å². The number of hydrogen-bond acceptors (Lipinski definition) is 4. The van der Waals surface area contributed by atoms with E-state index in [1.807, 2.05) is 6.92 Å². The fourth-order valence-corrected chi connectivity index (χ4v) is 2.30. The molecule has 3 amide bonds. The van der Waals surface area contributed by atoms with E-state index in [1.165, 1.54) is 0 Å². The Morgan fingerprint density at radius 2 is 1.70 bits per heavy atom. The molecule has 0 atom stereocenters. The third kappa shape index (κ3) is 6.86. The second-order valence-electron chi connectivity index (χ2n) is 5.77. The van der Waals surface area contributed by atoms with Gasteiger partial charge in [-0.1, -0.05) is 20.8 Å². The number of piperazine rings is 1. The van der Waals surface area contributed by atoms with E-state index < -0.39 is 6.03 Å². The standard InChI is InChI=1S/C14H28N4O2/c1-4-5-15-14(20)16-13(19)11-18-8-6-17(7-9-18)10-12(2)3/h12H,4-11H2,1-3H3,(H2,15,16,19,20). The second kappa shape index (κ2) is 8.92. The first kappa shape index (κ1) is 16.9. The van der Waals surface area contributed by atoms with Crippen LogP contribution in [0.15, 0.2) is 0 Å². The van der Waals surface area contributed by atoms with Crippen LogP contribution in [0.1, 0.15) is 27.2 Å². The second-order valence-corrected chi connectivity index (χ2v) is 5.77. The number of rotatable bonds is 6. The van der Waals surface area contributed by atoms with Crippen LogP contribution in [-0.2, 0) is 4.79 Å². The van der Waals surface area contributed by atoms with Gasteiger partial charge in [0.15, 0.2) is 0 Å². The first-order valence-corrected chi connectivity index (χ1v) is 7.53. The van der Waals surface area contributed by atoms with E-state index in [4.69, 9.17) is 0 Å². The molecule has 116 valence electrons. The van der Waals surface area contributed by atoms with Gasteiger partial charge in [-0.3, -0.25) is 15.0 Å². The monoisotopic (exact) mass is 284 g/mol. The van der Waals surface area contributed by atoms with Crippen molar-refractivity contribution < 1.29 is 9.59 Å². The van der Waals surface area contributed by atoms with Gasteiger partial charge in [0.2, 0.25) is 5.91 Å². The summed E-state index contributed by atoms with van der Waals surface area (Å²) in [7, 11) is 0. The Morgan fingerprint density at radius 1 is 1.10 bits per heavy atom. The van der Waals surface area contributed by atoms with Crippen molar-refractivity contribution in [3.05, 3.63) is 0 Å². The molecule has 0 radical (unpaired) electrons. The SMILES string of the molecule is CCCNC(=O)NC(=O)CN1CCN(CC(C)C)CC1. The van der Waals surface area contributed by atoms with E-state index >= 15 is 0 Å². The van der Waals surface area contributed by atoms with E-state index in [0.717, 1.165) is 39.1 Å². The number of hydrogen-bond donors (Lipinski definition) is 2. The number of carbonyl (C=O) groups is 2. The van der Waals surface area contributed by atoms with Crippen LogP contribution in [0.4, 0.5) is 4.79 Å². The minimum atomic E-state index is -0.393. The number of amides is 3. The zero-order valence-corrected chi connectivity index (χ0v) is 12.9. The van der Waals surface area contributed by atoms with Crippen molar-refractivity contribution in [2.24, 2.45) is 5.92 Å². The highest BCUT2D eigenvalue weighted by Gasteiger charge is 2.19. The maximum atomic E-state index is 11.7. The van der Waals surface area contributed by atoms with Crippen LogP contribution < -0.4 is 10.6 Å². The first-order chi connectivity index (χ1) is 9.51. The van der Waals surface area contributed by atoms with Gasteiger partial charge < -0.3 is 10.2 Å². The van der Waals surface area contributed by atoms with Gasteiger partial charge in [-0.05, 0) is 12.3 Å². The smallest absolute Gasteiger partial charge is 0.321 e. The lowest BCUT2D eigenvalue weighted by Crippen LogP contribution is -2.51. The van der Waals surface area contributed by atoms with Crippen LogP contribution >= 0.6 is 0 Å². The van der Waals surface area contributed by atoms with Crippen molar-refractivity contribution in [2.45, 2.75) is 27.2 Å². The quantitative estimate of drug-likeness (QED) is 0.745. The molecule has 6 nitrogen and oxygen atoms in total. The highest BCUT2D eigenvalue weighted by Crippen LogP contribution is 2.04. The molecule has 1 aliphatic rings. The average molecular weight is 284 g/mol. The summed E-state index contributed by atoms with van der Waals surface area (Å²) in [5, 5.41) is 4.99. The molecule has 2 N–H and O–H groups in total. The molecule has 0 unspecified atom stereocenters. The van der Waals surface area contributed by atoms with Crippen molar-refractivity contribution in [1.82, 2.24) is 20.4 Å². The molecule has 0 bridgehead atoms. The fraction of sp³-hybridized carbons (Fsp3) is 0.857. The van der Waals surface area contributed by atoms with E-state index in [-0.39, 0.29) is 5.91 Å². The van der Waals surface area contributed by atoms with Crippen molar-refractivity contribution in [3.8, 4) is 0 Å². The third-order valence-corrected chi connectivity index (χ3v) is 3.24. The lowest BCUT2D eigenvalue weighted by molar-refractivity contribution is -0.121. The van der Waals surface area contributed by atoms with E-state index in [2.05, 4.69) is 34.3 Å². The van der Waals surface area contributed by atoms with Crippen LogP contribution in [0.3, 0.4) is 0 Å². The number of imide groups is 1. The Labute approximate surface area is 121 Å². The molecule has 1 aliphatic heterocycles. The van der Waals surface area contributed by atoms with Crippen LogP contribution in [0, 0.1) is 5.92 Å². The van der Waals surface area contributed by atoms with Crippen LogP contribution in [0.5, 0.6) is 0 Å². The Kier molecular flexibility index (Phi) is 7.54. The van der Waals surface area contributed by atoms with Crippen molar-refractivity contribution in [2.75, 3.05) is 45.8 Å². The van der Waals surface area contributed by atoms with E-state index in [1.54, 1.807) is 0 Å². The highest BCUT2D eigenvalue weighted by atomic mass is 16.2. The summed E-state index contributed by atoms with van der Waals surface area (Å²) in [5.41, 5.74) is 0. The molecular weight excluding hydrogens is 256 g/mol.